The van der Waals surface area contributed by atoms with Crippen LogP contribution in [0.4, 0.5) is 5.69 Å². The van der Waals surface area contributed by atoms with Crippen LogP contribution in [-0.4, -0.2) is 56.8 Å². The van der Waals surface area contributed by atoms with Gasteiger partial charge in [0.2, 0.25) is 10.0 Å². The molecule has 0 spiro atoms. The molecule has 3 rings (SSSR count). The topological polar surface area (TPSA) is 69.7 Å². The first-order chi connectivity index (χ1) is 12.8. The van der Waals surface area contributed by atoms with Crippen molar-refractivity contribution in [2.45, 2.75) is 18.7 Å². The molecule has 2 aromatic carbocycles. The van der Waals surface area contributed by atoms with Crippen LogP contribution in [-0.2, 0) is 10.0 Å². The van der Waals surface area contributed by atoms with Crippen LogP contribution in [0.5, 0.6) is 0 Å². The Morgan fingerprint density at radius 1 is 0.963 bits per heavy atom. The van der Waals surface area contributed by atoms with Gasteiger partial charge in [-0.2, -0.15) is 4.31 Å². The molecule has 144 valence electrons. The molecule has 1 N–H and O–H groups in total. The molecule has 1 heterocycles. The number of carbonyl (C=O) groups excluding carboxylic acids is 1. The monoisotopic (exact) mass is 387 g/mol. The summed E-state index contributed by atoms with van der Waals surface area (Å²) in [6.45, 7) is 6.31. The first-order valence-electron chi connectivity index (χ1n) is 8.95. The summed E-state index contributed by atoms with van der Waals surface area (Å²) in [6.07, 6.45) is 0. The van der Waals surface area contributed by atoms with Gasteiger partial charge in [0.15, 0.2) is 0 Å². The highest BCUT2D eigenvalue weighted by Crippen LogP contribution is 2.20. The van der Waals surface area contributed by atoms with Gasteiger partial charge < -0.3 is 10.2 Å². The zero-order chi connectivity index (χ0) is 19.6. The van der Waals surface area contributed by atoms with Gasteiger partial charge in [0, 0.05) is 37.4 Å². The summed E-state index contributed by atoms with van der Waals surface area (Å²) < 4.78 is 27.0. The van der Waals surface area contributed by atoms with Crippen LogP contribution in [0, 0.1) is 13.8 Å². The lowest BCUT2D eigenvalue weighted by Gasteiger charge is -2.31. The van der Waals surface area contributed by atoms with Crippen LogP contribution >= 0.6 is 0 Å². The highest BCUT2D eigenvalue weighted by atomic mass is 32.2. The van der Waals surface area contributed by atoms with E-state index in [1.807, 2.05) is 33.0 Å². The van der Waals surface area contributed by atoms with Crippen LogP contribution in [0.3, 0.4) is 0 Å². The van der Waals surface area contributed by atoms with E-state index in [2.05, 4.69) is 10.2 Å². The van der Waals surface area contributed by atoms with Gasteiger partial charge in [-0.1, -0.05) is 17.7 Å². The number of sulfonamides is 1. The fourth-order valence-electron chi connectivity index (χ4n) is 3.15. The van der Waals surface area contributed by atoms with Crippen molar-refractivity contribution in [1.29, 1.82) is 0 Å². The Morgan fingerprint density at radius 3 is 2.19 bits per heavy atom. The number of aryl methyl sites for hydroxylation is 2. The number of rotatable bonds is 4. The molecule has 27 heavy (non-hydrogen) atoms. The largest absolute Gasteiger partial charge is 0.322 e. The van der Waals surface area contributed by atoms with Crippen LogP contribution < -0.4 is 5.32 Å². The van der Waals surface area contributed by atoms with Crippen molar-refractivity contribution in [1.82, 2.24) is 9.21 Å². The molecule has 0 saturated carbocycles. The van der Waals surface area contributed by atoms with E-state index in [9.17, 15) is 13.2 Å². The van der Waals surface area contributed by atoms with Gasteiger partial charge >= 0.3 is 0 Å². The first-order valence-corrected chi connectivity index (χ1v) is 10.4. The molecular weight excluding hydrogens is 362 g/mol. The fraction of sp³-hybridized carbons (Fsp3) is 0.350. The summed E-state index contributed by atoms with van der Waals surface area (Å²) in [5.74, 6) is -0.206. The van der Waals surface area contributed by atoms with Gasteiger partial charge in [0.1, 0.15) is 0 Å². The molecule has 1 saturated heterocycles. The van der Waals surface area contributed by atoms with Crippen molar-refractivity contribution in [2.75, 3.05) is 38.5 Å². The highest BCUT2D eigenvalue weighted by molar-refractivity contribution is 7.89. The maximum absolute atomic E-state index is 12.7. The Hall–Kier alpha value is -2.22. The number of benzene rings is 2. The number of nitrogens with one attached hydrogen (secondary N) is 1. The van der Waals surface area contributed by atoms with Crippen molar-refractivity contribution < 1.29 is 13.2 Å². The van der Waals surface area contributed by atoms with Crippen LogP contribution in [0.15, 0.2) is 47.4 Å². The number of anilines is 1. The minimum Gasteiger partial charge on any atom is -0.322 e. The van der Waals surface area contributed by atoms with E-state index in [-0.39, 0.29) is 10.8 Å². The van der Waals surface area contributed by atoms with Crippen molar-refractivity contribution in [3.05, 3.63) is 59.2 Å². The second-order valence-corrected chi connectivity index (χ2v) is 8.94. The predicted molar refractivity (Wildman–Crippen MR) is 107 cm³/mol. The van der Waals surface area contributed by atoms with Crippen LogP contribution in [0.2, 0.25) is 0 Å². The molecule has 1 aliphatic heterocycles. The molecule has 0 aliphatic carbocycles. The molecule has 0 unspecified atom stereocenters. The summed E-state index contributed by atoms with van der Waals surface area (Å²) >= 11 is 0. The van der Waals surface area contributed by atoms with Gasteiger partial charge in [0.25, 0.3) is 5.91 Å². The molecule has 7 heteroatoms. The summed E-state index contributed by atoms with van der Waals surface area (Å²) in [5, 5.41) is 2.83. The smallest absolute Gasteiger partial charge is 0.255 e. The Balaban J connectivity index is 1.72. The van der Waals surface area contributed by atoms with Crippen molar-refractivity contribution in [3.8, 4) is 0 Å². The molecule has 6 nitrogen and oxygen atoms in total. The Morgan fingerprint density at radius 2 is 1.59 bits per heavy atom. The SMILES string of the molecule is Cc1ccc(C(=O)Nc2ccc(S(=O)(=O)N3CCN(C)CC3)cc2)c(C)c1. The molecule has 0 atom stereocenters. The van der Waals surface area contributed by atoms with Gasteiger partial charge in [0.05, 0.1) is 4.90 Å². The lowest BCUT2D eigenvalue weighted by Crippen LogP contribution is -2.46. The summed E-state index contributed by atoms with van der Waals surface area (Å²) in [4.78, 5) is 14.8. The van der Waals surface area contributed by atoms with Gasteiger partial charge in [-0.3, -0.25) is 4.79 Å². The second kappa shape index (κ2) is 7.80. The third-order valence-corrected chi connectivity index (χ3v) is 6.75. The molecule has 0 bridgehead atoms. The Kier molecular flexibility index (Phi) is 5.64. The molecular formula is C20H25N3O3S. The van der Waals surface area contributed by atoms with E-state index in [0.717, 1.165) is 24.2 Å². The van der Waals surface area contributed by atoms with E-state index < -0.39 is 10.0 Å². The van der Waals surface area contributed by atoms with Gasteiger partial charge in [-0.25, -0.2) is 8.42 Å². The van der Waals surface area contributed by atoms with Crippen molar-refractivity contribution in [3.63, 3.8) is 0 Å². The highest BCUT2D eigenvalue weighted by Gasteiger charge is 2.27. The maximum Gasteiger partial charge on any atom is 0.255 e. The number of carbonyl (C=O) groups is 1. The molecule has 2 aromatic rings. The lowest BCUT2D eigenvalue weighted by molar-refractivity contribution is 0.102. The third kappa shape index (κ3) is 4.37. The number of likely N-dealkylation sites (N-methyl/N-ethyl adjacent to an activating group) is 1. The minimum absolute atomic E-state index is 0.206. The number of hydrogen-bond donors (Lipinski definition) is 1. The number of amides is 1. The minimum atomic E-state index is -3.50. The summed E-state index contributed by atoms with van der Waals surface area (Å²) in [7, 11) is -1.52. The maximum atomic E-state index is 12.7. The average Bonchev–Trinajstić information content (AvgIpc) is 2.62. The van der Waals surface area contributed by atoms with Crippen molar-refractivity contribution in [2.24, 2.45) is 0 Å². The number of piperazine rings is 1. The number of nitrogens with zero attached hydrogens (tertiary/aromatic N) is 2. The third-order valence-electron chi connectivity index (χ3n) is 4.84. The van der Waals surface area contributed by atoms with E-state index in [0.29, 0.717) is 24.3 Å². The molecule has 0 aromatic heterocycles. The first kappa shape index (κ1) is 19.5. The van der Waals surface area contributed by atoms with Gasteiger partial charge in [-0.05, 0) is 56.8 Å². The predicted octanol–water partition coefficient (Wildman–Crippen LogP) is 2.49. The zero-order valence-corrected chi connectivity index (χ0v) is 16.7. The Bertz CT molecular complexity index is 931. The normalized spacial score (nSPS) is 16.3. The Labute approximate surface area is 160 Å². The number of hydrogen-bond acceptors (Lipinski definition) is 4. The molecule has 1 fully saturated rings. The van der Waals surface area contributed by atoms with Crippen LogP contribution in [0.25, 0.3) is 0 Å². The average molecular weight is 388 g/mol. The lowest BCUT2D eigenvalue weighted by atomic mass is 10.1. The molecule has 1 aliphatic rings. The second-order valence-electron chi connectivity index (χ2n) is 7.00. The fourth-order valence-corrected chi connectivity index (χ4v) is 4.58. The standard InChI is InChI=1S/C20H25N3O3S/c1-15-4-9-19(16(2)14-15)20(24)21-17-5-7-18(8-6-17)27(25,26)23-12-10-22(3)11-13-23/h4-9,14H,10-13H2,1-3H3,(H,21,24). The van der Waals surface area contributed by atoms with Crippen molar-refractivity contribution >= 4 is 21.6 Å². The van der Waals surface area contributed by atoms with E-state index in [1.165, 1.54) is 4.31 Å². The van der Waals surface area contributed by atoms with E-state index in [4.69, 9.17) is 0 Å². The summed E-state index contributed by atoms with van der Waals surface area (Å²) in [6, 6.07) is 12.0. The van der Waals surface area contributed by atoms with Crippen LogP contribution in [0.1, 0.15) is 21.5 Å². The molecule has 1 amide bonds. The molecule has 0 radical (unpaired) electrons. The quantitative estimate of drug-likeness (QED) is 0.875. The van der Waals surface area contributed by atoms with E-state index in [1.54, 1.807) is 30.3 Å². The van der Waals surface area contributed by atoms with E-state index >= 15 is 0 Å². The zero-order valence-electron chi connectivity index (χ0n) is 15.9. The van der Waals surface area contributed by atoms with Gasteiger partial charge in [-0.15, -0.1) is 0 Å². The summed E-state index contributed by atoms with van der Waals surface area (Å²) in [5.41, 5.74) is 3.18.